The summed E-state index contributed by atoms with van der Waals surface area (Å²) in [4.78, 5) is 12.7. The normalized spacial score (nSPS) is 11.6. The first-order valence-corrected chi connectivity index (χ1v) is 12.1. The average Bonchev–Trinajstić information content (AvgIpc) is 2.81. The number of amides is 1. The molecule has 1 amide bonds. The first-order valence-electron chi connectivity index (χ1n) is 10.7. The van der Waals surface area contributed by atoms with Crippen molar-refractivity contribution in [2.24, 2.45) is 0 Å². The van der Waals surface area contributed by atoms with Crippen molar-refractivity contribution in [2.75, 3.05) is 30.4 Å². The summed E-state index contributed by atoms with van der Waals surface area (Å²) in [6, 6.07) is 13.0. The van der Waals surface area contributed by atoms with Crippen LogP contribution in [0.5, 0.6) is 11.5 Å². The van der Waals surface area contributed by atoms with Gasteiger partial charge in [-0.2, -0.15) is 13.2 Å². The van der Waals surface area contributed by atoms with Gasteiger partial charge in [0, 0.05) is 11.8 Å². The molecule has 0 radical (unpaired) electrons. The van der Waals surface area contributed by atoms with Crippen molar-refractivity contribution in [1.82, 2.24) is 0 Å². The maximum Gasteiger partial charge on any atom is 0.416 e. The van der Waals surface area contributed by atoms with Gasteiger partial charge in [0.2, 0.25) is 5.91 Å². The van der Waals surface area contributed by atoms with Gasteiger partial charge in [-0.1, -0.05) is 6.07 Å². The maximum atomic E-state index is 13.7. The first-order chi connectivity index (χ1) is 16.8. The highest BCUT2D eigenvalue weighted by Crippen LogP contribution is 2.33. The topological polar surface area (TPSA) is 84.9 Å². The van der Waals surface area contributed by atoms with Gasteiger partial charge in [-0.05, 0) is 73.5 Å². The molecule has 3 rings (SSSR count). The Labute approximate surface area is 207 Å². The van der Waals surface area contributed by atoms with Crippen LogP contribution in [-0.2, 0) is 21.0 Å². The van der Waals surface area contributed by atoms with Crippen molar-refractivity contribution < 1.29 is 35.9 Å². The van der Waals surface area contributed by atoms with E-state index in [0.717, 1.165) is 39.7 Å². The molecule has 0 aliphatic rings. The van der Waals surface area contributed by atoms with Crippen molar-refractivity contribution in [2.45, 2.75) is 24.9 Å². The average molecular weight is 523 g/mol. The number of aryl methyl sites for hydroxylation is 2. The van der Waals surface area contributed by atoms with Crippen molar-refractivity contribution in [1.29, 1.82) is 0 Å². The molecular weight excluding hydrogens is 497 g/mol. The van der Waals surface area contributed by atoms with E-state index in [1.807, 2.05) is 6.07 Å². The van der Waals surface area contributed by atoms with Crippen LogP contribution < -0.4 is 19.1 Å². The SMILES string of the molecule is COc1ccc(S(=O)(=O)N(CC(=O)Nc2ccc(C(F)(F)F)cc2)c2cc(C)cc(C)c2)cc1OC. The van der Waals surface area contributed by atoms with Crippen LogP contribution in [0.2, 0.25) is 0 Å². The lowest BCUT2D eigenvalue weighted by Crippen LogP contribution is -2.38. The van der Waals surface area contributed by atoms with E-state index in [9.17, 15) is 26.4 Å². The number of alkyl halides is 3. The van der Waals surface area contributed by atoms with Crippen molar-refractivity contribution in [3.63, 3.8) is 0 Å². The van der Waals surface area contributed by atoms with Gasteiger partial charge < -0.3 is 14.8 Å². The molecule has 0 atom stereocenters. The molecule has 7 nitrogen and oxygen atoms in total. The summed E-state index contributed by atoms with van der Waals surface area (Å²) in [6.07, 6.45) is -4.52. The Kier molecular flexibility index (Phi) is 7.83. The molecule has 1 N–H and O–H groups in total. The van der Waals surface area contributed by atoms with E-state index in [1.54, 1.807) is 26.0 Å². The minimum absolute atomic E-state index is 0.0943. The van der Waals surface area contributed by atoms with Crippen molar-refractivity contribution >= 4 is 27.3 Å². The van der Waals surface area contributed by atoms with Gasteiger partial charge in [0.25, 0.3) is 10.0 Å². The highest BCUT2D eigenvalue weighted by Gasteiger charge is 2.31. The molecule has 11 heteroatoms. The number of carbonyl (C=O) groups is 1. The summed E-state index contributed by atoms with van der Waals surface area (Å²) in [5.74, 6) is -0.222. The monoisotopic (exact) mass is 522 g/mol. The number of halogens is 3. The van der Waals surface area contributed by atoms with Crippen LogP contribution in [0.3, 0.4) is 0 Å². The van der Waals surface area contributed by atoms with Crippen LogP contribution >= 0.6 is 0 Å². The van der Waals surface area contributed by atoms with Crippen LogP contribution in [0.4, 0.5) is 24.5 Å². The van der Waals surface area contributed by atoms with Gasteiger partial charge in [0.15, 0.2) is 11.5 Å². The number of nitrogens with one attached hydrogen (secondary N) is 1. The highest BCUT2D eigenvalue weighted by molar-refractivity contribution is 7.92. The van der Waals surface area contributed by atoms with Crippen molar-refractivity contribution in [3.05, 3.63) is 77.4 Å². The molecule has 3 aromatic rings. The summed E-state index contributed by atoms with van der Waals surface area (Å²) >= 11 is 0. The highest BCUT2D eigenvalue weighted by atomic mass is 32.2. The Hall–Kier alpha value is -3.73. The van der Waals surface area contributed by atoms with Crippen LogP contribution in [0.25, 0.3) is 0 Å². The fraction of sp³-hybridized carbons (Fsp3) is 0.240. The van der Waals surface area contributed by atoms with Crippen LogP contribution in [-0.4, -0.2) is 35.1 Å². The smallest absolute Gasteiger partial charge is 0.416 e. The van der Waals surface area contributed by atoms with Crippen LogP contribution in [0, 0.1) is 13.8 Å². The Morgan fingerprint density at radius 3 is 2.00 bits per heavy atom. The van der Waals surface area contributed by atoms with E-state index < -0.39 is 34.2 Å². The standard InChI is InChI=1S/C25H25F3N2O5S/c1-16-11-17(2)13-20(12-16)30(36(32,33)21-9-10-22(34-3)23(14-21)35-4)15-24(31)29-19-7-5-18(6-8-19)25(26,27)28/h5-14H,15H2,1-4H3,(H,29,31). The van der Waals surface area contributed by atoms with E-state index in [1.165, 1.54) is 32.4 Å². The molecule has 0 spiro atoms. The molecule has 192 valence electrons. The summed E-state index contributed by atoms with van der Waals surface area (Å²) in [5.41, 5.74) is 1.04. The third-order valence-corrected chi connectivity index (χ3v) is 6.99. The third-order valence-electron chi connectivity index (χ3n) is 5.22. The quantitative estimate of drug-likeness (QED) is 0.441. The fourth-order valence-corrected chi connectivity index (χ4v) is 5.01. The van der Waals surface area contributed by atoms with Gasteiger partial charge in [-0.3, -0.25) is 9.10 Å². The van der Waals surface area contributed by atoms with E-state index >= 15 is 0 Å². The minimum Gasteiger partial charge on any atom is -0.493 e. The Balaban J connectivity index is 1.98. The lowest BCUT2D eigenvalue weighted by Gasteiger charge is -2.25. The Morgan fingerprint density at radius 1 is 0.889 bits per heavy atom. The second-order valence-electron chi connectivity index (χ2n) is 8.00. The molecule has 0 fully saturated rings. The first kappa shape index (κ1) is 26.9. The Morgan fingerprint density at radius 2 is 1.47 bits per heavy atom. The second kappa shape index (κ2) is 10.5. The number of hydrogen-bond donors (Lipinski definition) is 1. The summed E-state index contributed by atoms with van der Waals surface area (Å²) < 4.78 is 77.2. The van der Waals surface area contributed by atoms with E-state index in [2.05, 4.69) is 5.32 Å². The van der Waals surface area contributed by atoms with Gasteiger partial charge in [0.1, 0.15) is 6.54 Å². The molecule has 0 aromatic heterocycles. The predicted octanol–water partition coefficient (Wildman–Crippen LogP) is 5.17. The van der Waals surface area contributed by atoms with E-state index in [0.29, 0.717) is 5.75 Å². The molecule has 0 saturated carbocycles. The molecule has 0 heterocycles. The Bertz CT molecular complexity index is 1340. The number of rotatable bonds is 8. The number of methoxy groups -OCH3 is 2. The maximum absolute atomic E-state index is 13.7. The van der Waals surface area contributed by atoms with Crippen LogP contribution in [0.1, 0.15) is 16.7 Å². The lowest BCUT2D eigenvalue weighted by molar-refractivity contribution is -0.137. The van der Waals surface area contributed by atoms with Gasteiger partial charge >= 0.3 is 6.18 Å². The number of carbonyl (C=O) groups excluding carboxylic acids is 1. The molecule has 3 aromatic carbocycles. The number of ether oxygens (including phenoxy) is 2. The number of nitrogens with zero attached hydrogens (tertiary/aromatic N) is 1. The van der Waals surface area contributed by atoms with Gasteiger partial charge in [-0.25, -0.2) is 8.42 Å². The minimum atomic E-state index is -4.52. The van der Waals surface area contributed by atoms with Crippen LogP contribution in [0.15, 0.2) is 65.6 Å². The zero-order valence-corrected chi connectivity index (χ0v) is 20.8. The number of sulfonamides is 1. The summed E-state index contributed by atoms with van der Waals surface area (Å²) in [7, 11) is -1.49. The second-order valence-corrected chi connectivity index (χ2v) is 9.86. The number of anilines is 2. The summed E-state index contributed by atoms with van der Waals surface area (Å²) in [6.45, 7) is 2.96. The molecule has 0 saturated heterocycles. The predicted molar refractivity (Wildman–Crippen MR) is 130 cm³/mol. The van der Waals surface area contributed by atoms with Gasteiger partial charge in [0.05, 0.1) is 30.4 Å². The molecule has 0 aliphatic heterocycles. The largest absolute Gasteiger partial charge is 0.493 e. The van der Waals surface area contributed by atoms with E-state index in [-0.39, 0.29) is 22.0 Å². The third kappa shape index (κ3) is 6.09. The van der Waals surface area contributed by atoms with E-state index in [4.69, 9.17) is 9.47 Å². The molecule has 36 heavy (non-hydrogen) atoms. The summed E-state index contributed by atoms with van der Waals surface area (Å²) in [5, 5.41) is 2.46. The zero-order chi connectivity index (χ0) is 26.7. The number of benzene rings is 3. The van der Waals surface area contributed by atoms with Gasteiger partial charge in [-0.15, -0.1) is 0 Å². The molecule has 0 aliphatic carbocycles. The molecule has 0 unspecified atom stereocenters. The lowest BCUT2D eigenvalue weighted by atomic mass is 10.1. The van der Waals surface area contributed by atoms with Crippen molar-refractivity contribution in [3.8, 4) is 11.5 Å². The number of hydrogen-bond acceptors (Lipinski definition) is 5. The fourth-order valence-electron chi connectivity index (χ4n) is 3.59. The zero-order valence-electron chi connectivity index (χ0n) is 20.0. The molecule has 0 bridgehead atoms. The molecular formula is C25H25F3N2O5S.